The van der Waals surface area contributed by atoms with Crippen molar-refractivity contribution in [2.45, 2.75) is 33.5 Å². The van der Waals surface area contributed by atoms with Crippen molar-refractivity contribution in [3.8, 4) is 46.0 Å². The molecule has 0 unspecified atom stereocenters. The number of hydrogen-bond acceptors (Lipinski definition) is 5. The zero-order valence-corrected chi connectivity index (χ0v) is 30.5. The molecule has 7 aromatic rings. The number of benzene rings is 6. The molecular weight excluding hydrogens is 661 g/mol. The molecule has 0 aliphatic carbocycles. The first-order chi connectivity index (χ1) is 26.3. The number of aromatic nitrogens is 2. The van der Waals surface area contributed by atoms with Gasteiger partial charge in [0.05, 0.1) is 46.1 Å². The molecule has 1 aromatic heterocycles. The first kappa shape index (κ1) is 34.0. The van der Waals surface area contributed by atoms with Crippen molar-refractivity contribution < 1.29 is 0 Å². The number of hydrogen-bond donors (Lipinski definition) is 0. The Kier molecular flexibility index (Phi) is 8.66. The Hall–Kier alpha value is -7.15. The summed E-state index contributed by atoms with van der Waals surface area (Å²) in [5, 5.41) is 19.6. The molecule has 0 spiro atoms. The van der Waals surface area contributed by atoms with Gasteiger partial charge in [-0.2, -0.15) is 10.5 Å². The van der Waals surface area contributed by atoms with Gasteiger partial charge in [0, 0.05) is 33.4 Å². The Labute approximate surface area is 315 Å². The van der Waals surface area contributed by atoms with Gasteiger partial charge in [0.1, 0.15) is 5.82 Å². The van der Waals surface area contributed by atoms with Crippen LogP contribution in [-0.4, -0.2) is 21.0 Å². The third-order valence-corrected chi connectivity index (χ3v) is 9.92. The highest BCUT2D eigenvalue weighted by atomic mass is 15.4. The Morgan fingerprint density at radius 3 is 1.24 bits per heavy atom. The van der Waals surface area contributed by atoms with Crippen LogP contribution in [0.25, 0.3) is 33.9 Å². The summed E-state index contributed by atoms with van der Waals surface area (Å²) in [5.74, 6) is -0.774. The minimum Gasteiger partial charge on any atom is -0.275 e. The van der Waals surface area contributed by atoms with Crippen molar-refractivity contribution in [1.29, 1.82) is 10.5 Å². The summed E-state index contributed by atoms with van der Waals surface area (Å²) in [7, 11) is 0. The third kappa shape index (κ3) is 6.11. The lowest BCUT2D eigenvalue weighted by Gasteiger charge is -2.30. The Morgan fingerprint density at radius 2 is 0.815 bits per heavy atom. The van der Waals surface area contributed by atoms with E-state index in [1.807, 2.05) is 48.5 Å². The lowest BCUT2D eigenvalue weighted by atomic mass is 9.99. The van der Waals surface area contributed by atoms with Crippen molar-refractivity contribution in [2.75, 3.05) is 0 Å². The number of rotatable bonds is 7. The van der Waals surface area contributed by atoms with Crippen LogP contribution in [0.3, 0.4) is 0 Å². The highest BCUT2D eigenvalue weighted by Gasteiger charge is 2.45. The van der Waals surface area contributed by atoms with Gasteiger partial charge >= 0.3 is 0 Å². The summed E-state index contributed by atoms with van der Waals surface area (Å²) in [5.41, 5.74) is 14.1. The van der Waals surface area contributed by atoms with Crippen LogP contribution in [0.4, 0.5) is 0 Å². The quantitative estimate of drug-likeness (QED) is 0.166. The molecule has 1 aliphatic heterocycles. The molecule has 6 nitrogen and oxygen atoms in total. The van der Waals surface area contributed by atoms with Crippen molar-refractivity contribution in [1.82, 2.24) is 9.55 Å². The number of nitrogens with zero attached hydrogens (tertiary/aromatic N) is 6. The standard InChI is InChI=1S/C48H36N6/c1-31-5-17-37(18-6-31)43-44(38-19-7-32(2)8-20-38)53-48(52-43,42-27-15-36(30-50)16-28-42)54-46(40-23-11-34(4)12-24-40)45(39-21-9-33(3)10-22-39)51-47(54)41-25-13-35(29-49)14-26-41/h5-28H,1-4H3. The number of nitriles is 2. The summed E-state index contributed by atoms with van der Waals surface area (Å²) < 4.78 is 2.16. The highest BCUT2D eigenvalue weighted by Crippen LogP contribution is 2.46. The minimum atomic E-state index is -1.41. The lowest BCUT2D eigenvalue weighted by Crippen LogP contribution is -2.31. The van der Waals surface area contributed by atoms with Crippen LogP contribution in [0.2, 0.25) is 0 Å². The highest BCUT2D eigenvalue weighted by molar-refractivity contribution is 6.54. The first-order valence-electron chi connectivity index (χ1n) is 17.9. The summed E-state index contributed by atoms with van der Waals surface area (Å²) in [6.07, 6.45) is 0. The molecule has 2 heterocycles. The van der Waals surface area contributed by atoms with Crippen molar-refractivity contribution in [2.24, 2.45) is 9.98 Å². The van der Waals surface area contributed by atoms with Gasteiger partial charge in [-0.1, -0.05) is 131 Å². The molecule has 6 heteroatoms. The van der Waals surface area contributed by atoms with Gasteiger partial charge in [-0.25, -0.2) is 15.0 Å². The fourth-order valence-electron chi connectivity index (χ4n) is 6.90. The summed E-state index contributed by atoms with van der Waals surface area (Å²) in [6.45, 7) is 8.31. The van der Waals surface area contributed by atoms with E-state index >= 15 is 0 Å². The van der Waals surface area contributed by atoms with E-state index in [0.29, 0.717) is 17.0 Å². The fourth-order valence-corrected chi connectivity index (χ4v) is 6.90. The number of imidazole rings is 1. The maximum atomic E-state index is 9.86. The second kappa shape index (κ2) is 13.8. The van der Waals surface area contributed by atoms with Gasteiger partial charge in [0.25, 0.3) is 5.79 Å². The number of aryl methyl sites for hydroxylation is 4. The summed E-state index contributed by atoms with van der Waals surface area (Å²) in [6, 6.07) is 53.2. The van der Waals surface area contributed by atoms with Crippen LogP contribution < -0.4 is 0 Å². The van der Waals surface area contributed by atoms with Crippen LogP contribution >= 0.6 is 0 Å². The SMILES string of the molecule is Cc1ccc(C2=NC(c3ccc(C#N)cc3)(n3c(-c4ccc(C#N)cc4)nc(-c4ccc(C)cc4)c3-c3ccc(C)cc3)N=C2c2ccc(C)cc2)cc1. The Balaban J connectivity index is 1.56. The molecule has 0 bridgehead atoms. The maximum absolute atomic E-state index is 9.86. The van der Waals surface area contributed by atoms with E-state index in [1.165, 1.54) is 0 Å². The summed E-state index contributed by atoms with van der Waals surface area (Å²) in [4.78, 5) is 17.0. The monoisotopic (exact) mass is 696 g/mol. The number of aliphatic imine (C=N–C) groups is 2. The Morgan fingerprint density at radius 1 is 0.444 bits per heavy atom. The molecule has 0 radical (unpaired) electrons. The average molecular weight is 697 g/mol. The predicted molar refractivity (Wildman–Crippen MR) is 216 cm³/mol. The van der Waals surface area contributed by atoms with E-state index in [-0.39, 0.29) is 0 Å². The largest absolute Gasteiger partial charge is 0.275 e. The van der Waals surface area contributed by atoms with Gasteiger partial charge in [-0.05, 0) is 64.1 Å². The third-order valence-electron chi connectivity index (χ3n) is 9.92. The lowest BCUT2D eigenvalue weighted by molar-refractivity contribution is 0.409. The second-order valence-corrected chi connectivity index (χ2v) is 13.9. The maximum Gasteiger partial charge on any atom is 0.261 e. The molecule has 0 N–H and O–H groups in total. The van der Waals surface area contributed by atoms with E-state index < -0.39 is 5.79 Å². The van der Waals surface area contributed by atoms with Gasteiger partial charge < -0.3 is 0 Å². The molecule has 0 fully saturated rings. The molecule has 0 atom stereocenters. The molecule has 0 amide bonds. The minimum absolute atomic E-state index is 0.537. The van der Waals surface area contributed by atoms with Crippen LogP contribution in [0, 0.1) is 50.4 Å². The van der Waals surface area contributed by atoms with E-state index in [2.05, 4.69) is 141 Å². The van der Waals surface area contributed by atoms with Gasteiger partial charge in [0.15, 0.2) is 0 Å². The first-order valence-corrected chi connectivity index (χ1v) is 17.9. The fraction of sp³-hybridized carbons (Fsp3) is 0.104. The molecule has 0 saturated carbocycles. The molecule has 6 aromatic carbocycles. The topological polar surface area (TPSA) is 90.1 Å². The van der Waals surface area contributed by atoms with E-state index in [0.717, 1.165) is 78.4 Å². The molecule has 1 aliphatic rings. The molecule has 8 rings (SSSR count). The molecular formula is C48H36N6. The molecule has 54 heavy (non-hydrogen) atoms. The summed E-state index contributed by atoms with van der Waals surface area (Å²) >= 11 is 0. The van der Waals surface area contributed by atoms with Crippen molar-refractivity contribution in [3.05, 3.63) is 196 Å². The van der Waals surface area contributed by atoms with Gasteiger partial charge in [-0.3, -0.25) is 4.57 Å². The second-order valence-electron chi connectivity index (χ2n) is 13.9. The van der Waals surface area contributed by atoms with Crippen LogP contribution in [-0.2, 0) is 5.79 Å². The van der Waals surface area contributed by atoms with E-state index in [4.69, 9.17) is 15.0 Å². The zero-order valence-electron chi connectivity index (χ0n) is 30.5. The van der Waals surface area contributed by atoms with Crippen LogP contribution in [0.5, 0.6) is 0 Å². The van der Waals surface area contributed by atoms with Crippen LogP contribution in [0.15, 0.2) is 156 Å². The smallest absolute Gasteiger partial charge is 0.261 e. The van der Waals surface area contributed by atoms with Crippen molar-refractivity contribution >= 4 is 11.4 Å². The van der Waals surface area contributed by atoms with Crippen molar-refractivity contribution in [3.63, 3.8) is 0 Å². The van der Waals surface area contributed by atoms with Gasteiger partial charge in [-0.15, -0.1) is 0 Å². The zero-order chi connectivity index (χ0) is 37.4. The average Bonchev–Trinajstić information content (AvgIpc) is 3.80. The van der Waals surface area contributed by atoms with Gasteiger partial charge in [0.2, 0.25) is 0 Å². The molecule has 258 valence electrons. The van der Waals surface area contributed by atoms with Crippen LogP contribution in [0.1, 0.15) is 50.1 Å². The van der Waals surface area contributed by atoms with E-state index in [1.54, 1.807) is 0 Å². The normalized spacial score (nSPS) is 13.1. The Bertz CT molecular complexity index is 2580. The van der Waals surface area contributed by atoms with E-state index in [9.17, 15) is 10.5 Å². The molecule has 0 saturated heterocycles. The predicted octanol–water partition coefficient (Wildman–Crippen LogP) is 10.5.